The molecule has 4 aromatic rings. The molecule has 33 heavy (non-hydrogen) atoms. The molecule has 7 nitrogen and oxygen atoms in total. The van der Waals surface area contributed by atoms with Crippen molar-refractivity contribution in [3.8, 4) is 0 Å². The quantitative estimate of drug-likeness (QED) is 0.418. The number of aryl methyl sites for hydroxylation is 1. The zero-order valence-electron chi connectivity index (χ0n) is 18.3. The average Bonchev–Trinajstić information content (AvgIpc) is 3.35. The number of benzene rings is 3. The first-order valence-electron chi connectivity index (χ1n) is 11.0. The number of anilines is 4. The Labute approximate surface area is 193 Å². The molecule has 0 atom stereocenters. The molecule has 168 valence electrons. The van der Waals surface area contributed by atoms with Gasteiger partial charge in [-0.3, -0.25) is 4.72 Å². The van der Waals surface area contributed by atoms with Gasteiger partial charge < -0.3 is 10.2 Å². The molecular weight excluding hydrogens is 434 g/mol. The molecule has 1 saturated heterocycles. The molecule has 0 spiro atoms. The Morgan fingerprint density at radius 3 is 2.27 bits per heavy atom. The van der Waals surface area contributed by atoms with Crippen LogP contribution in [0.5, 0.6) is 0 Å². The van der Waals surface area contributed by atoms with E-state index >= 15 is 0 Å². The fourth-order valence-electron chi connectivity index (χ4n) is 3.99. The minimum atomic E-state index is -3.69. The Morgan fingerprint density at radius 1 is 0.818 bits per heavy atom. The van der Waals surface area contributed by atoms with Crippen molar-refractivity contribution in [2.45, 2.75) is 24.7 Å². The Kier molecular flexibility index (Phi) is 5.60. The van der Waals surface area contributed by atoms with Crippen LogP contribution >= 0.6 is 0 Å². The molecule has 1 fully saturated rings. The predicted octanol–water partition coefficient (Wildman–Crippen LogP) is 5.08. The standard InChI is InChI=1S/C25H25N5O2S/c1-18-16-24(28-25(26-18)30-14-4-5-15-30)27-21-9-11-22(12-10-21)29-33(31,32)23-13-8-19-6-2-3-7-20(19)17-23/h2-3,6-13,16-17,29H,4-5,14-15H2,1H3,(H,26,27,28). The molecule has 0 saturated carbocycles. The normalized spacial score (nSPS) is 13.9. The van der Waals surface area contributed by atoms with Crippen LogP contribution in [0.3, 0.4) is 0 Å². The van der Waals surface area contributed by atoms with Gasteiger partial charge in [0.2, 0.25) is 5.95 Å². The minimum Gasteiger partial charge on any atom is -0.341 e. The van der Waals surface area contributed by atoms with E-state index in [-0.39, 0.29) is 4.90 Å². The summed E-state index contributed by atoms with van der Waals surface area (Å²) in [6.07, 6.45) is 2.33. The predicted molar refractivity (Wildman–Crippen MR) is 133 cm³/mol. The van der Waals surface area contributed by atoms with Gasteiger partial charge in [-0.2, -0.15) is 4.98 Å². The van der Waals surface area contributed by atoms with Crippen LogP contribution < -0.4 is 14.9 Å². The van der Waals surface area contributed by atoms with Crippen LogP contribution in [0.4, 0.5) is 23.1 Å². The number of hydrogen-bond donors (Lipinski definition) is 2. The van der Waals surface area contributed by atoms with Crippen molar-refractivity contribution in [3.05, 3.63) is 78.5 Å². The zero-order valence-corrected chi connectivity index (χ0v) is 19.1. The molecule has 2 N–H and O–H groups in total. The van der Waals surface area contributed by atoms with Gasteiger partial charge in [-0.05, 0) is 66.9 Å². The molecule has 2 heterocycles. The van der Waals surface area contributed by atoms with Crippen molar-refractivity contribution in [2.24, 2.45) is 0 Å². The van der Waals surface area contributed by atoms with Crippen molar-refractivity contribution in [3.63, 3.8) is 0 Å². The summed E-state index contributed by atoms with van der Waals surface area (Å²) in [6.45, 7) is 3.92. The van der Waals surface area contributed by atoms with E-state index in [9.17, 15) is 8.42 Å². The van der Waals surface area contributed by atoms with Crippen molar-refractivity contribution < 1.29 is 8.42 Å². The first-order chi connectivity index (χ1) is 16.0. The van der Waals surface area contributed by atoms with E-state index in [0.29, 0.717) is 11.5 Å². The Hall–Kier alpha value is -3.65. The van der Waals surface area contributed by atoms with Crippen LogP contribution in [-0.2, 0) is 10.0 Å². The highest BCUT2D eigenvalue weighted by molar-refractivity contribution is 7.92. The van der Waals surface area contributed by atoms with Gasteiger partial charge in [0.15, 0.2) is 0 Å². The largest absolute Gasteiger partial charge is 0.341 e. The van der Waals surface area contributed by atoms with E-state index in [4.69, 9.17) is 0 Å². The van der Waals surface area contributed by atoms with Crippen molar-refractivity contribution in [1.82, 2.24) is 9.97 Å². The van der Waals surface area contributed by atoms with Gasteiger partial charge >= 0.3 is 0 Å². The van der Waals surface area contributed by atoms with Gasteiger partial charge in [0, 0.05) is 36.2 Å². The SMILES string of the molecule is Cc1cc(Nc2ccc(NS(=O)(=O)c3ccc4ccccc4c3)cc2)nc(N2CCCC2)n1. The highest BCUT2D eigenvalue weighted by atomic mass is 32.2. The smallest absolute Gasteiger partial charge is 0.261 e. The van der Waals surface area contributed by atoms with E-state index in [0.717, 1.165) is 54.0 Å². The van der Waals surface area contributed by atoms with Gasteiger partial charge in [-0.1, -0.05) is 30.3 Å². The molecule has 0 radical (unpaired) electrons. The highest BCUT2D eigenvalue weighted by Gasteiger charge is 2.17. The lowest BCUT2D eigenvalue weighted by Gasteiger charge is -2.17. The number of nitrogens with one attached hydrogen (secondary N) is 2. The van der Waals surface area contributed by atoms with Crippen LogP contribution in [0.25, 0.3) is 10.8 Å². The monoisotopic (exact) mass is 459 g/mol. The second-order valence-electron chi connectivity index (χ2n) is 8.21. The first-order valence-corrected chi connectivity index (χ1v) is 12.4. The Balaban J connectivity index is 1.31. The third-order valence-corrected chi connectivity index (χ3v) is 7.05. The molecule has 0 amide bonds. The van der Waals surface area contributed by atoms with Gasteiger partial charge in [0.25, 0.3) is 10.0 Å². The zero-order chi connectivity index (χ0) is 22.8. The van der Waals surface area contributed by atoms with Crippen molar-refractivity contribution in [1.29, 1.82) is 0 Å². The maximum absolute atomic E-state index is 12.9. The lowest BCUT2D eigenvalue weighted by atomic mass is 10.1. The van der Waals surface area contributed by atoms with Crippen LogP contribution in [0.2, 0.25) is 0 Å². The molecule has 5 rings (SSSR count). The second-order valence-corrected chi connectivity index (χ2v) is 9.89. The van der Waals surface area contributed by atoms with Gasteiger partial charge in [-0.25, -0.2) is 13.4 Å². The van der Waals surface area contributed by atoms with E-state index in [2.05, 4.69) is 24.9 Å². The number of fused-ring (bicyclic) bond motifs is 1. The summed E-state index contributed by atoms with van der Waals surface area (Å²) < 4.78 is 28.4. The number of aromatic nitrogens is 2. The lowest BCUT2D eigenvalue weighted by molar-refractivity contribution is 0.601. The summed E-state index contributed by atoms with van der Waals surface area (Å²) in [5, 5.41) is 5.18. The van der Waals surface area contributed by atoms with Crippen LogP contribution in [-0.4, -0.2) is 31.5 Å². The van der Waals surface area contributed by atoms with Crippen LogP contribution in [0, 0.1) is 6.92 Å². The molecule has 8 heteroatoms. The van der Waals surface area contributed by atoms with E-state index < -0.39 is 10.0 Å². The third kappa shape index (κ3) is 4.75. The number of hydrogen-bond acceptors (Lipinski definition) is 6. The third-order valence-electron chi connectivity index (χ3n) is 5.67. The second kappa shape index (κ2) is 8.71. The molecule has 1 aliphatic heterocycles. The summed E-state index contributed by atoms with van der Waals surface area (Å²) in [5.74, 6) is 1.46. The molecule has 1 aliphatic rings. The minimum absolute atomic E-state index is 0.231. The van der Waals surface area contributed by atoms with Crippen molar-refractivity contribution in [2.75, 3.05) is 28.0 Å². The number of nitrogens with zero attached hydrogens (tertiary/aromatic N) is 3. The molecule has 0 aliphatic carbocycles. The first kappa shape index (κ1) is 21.2. The van der Waals surface area contributed by atoms with E-state index in [1.54, 1.807) is 24.3 Å². The molecule has 1 aromatic heterocycles. The fraction of sp³-hybridized carbons (Fsp3) is 0.200. The molecule has 3 aromatic carbocycles. The summed E-state index contributed by atoms with van der Waals surface area (Å²) in [5.41, 5.74) is 2.20. The number of rotatable bonds is 6. The van der Waals surface area contributed by atoms with Crippen LogP contribution in [0.15, 0.2) is 77.7 Å². The summed E-state index contributed by atoms with van der Waals surface area (Å²) in [6, 6.07) is 21.8. The highest BCUT2D eigenvalue weighted by Crippen LogP contribution is 2.24. The number of sulfonamides is 1. The summed E-state index contributed by atoms with van der Waals surface area (Å²) >= 11 is 0. The Morgan fingerprint density at radius 2 is 1.52 bits per heavy atom. The van der Waals surface area contributed by atoms with Gasteiger partial charge in [0.05, 0.1) is 4.90 Å². The summed E-state index contributed by atoms with van der Waals surface area (Å²) in [4.78, 5) is 11.6. The summed E-state index contributed by atoms with van der Waals surface area (Å²) in [7, 11) is -3.69. The van der Waals surface area contributed by atoms with Gasteiger partial charge in [0.1, 0.15) is 5.82 Å². The topological polar surface area (TPSA) is 87.2 Å². The molecule has 0 unspecified atom stereocenters. The maximum atomic E-state index is 12.9. The Bertz CT molecular complexity index is 1400. The van der Waals surface area contributed by atoms with Gasteiger partial charge in [-0.15, -0.1) is 0 Å². The molecular formula is C25H25N5O2S. The van der Waals surface area contributed by atoms with Crippen LogP contribution in [0.1, 0.15) is 18.5 Å². The van der Waals surface area contributed by atoms with E-state index in [1.807, 2.05) is 55.5 Å². The van der Waals surface area contributed by atoms with Crippen molar-refractivity contribution >= 4 is 43.9 Å². The average molecular weight is 460 g/mol. The lowest BCUT2D eigenvalue weighted by Crippen LogP contribution is -2.21. The maximum Gasteiger partial charge on any atom is 0.261 e. The van der Waals surface area contributed by atoms with E-state index in [1.165, 1.54) is 0 Å². The molecule has 0 bridgehead atoms. The fourth-order valence-corrected chi connectivity index (χ4v) is 5.09.